The monoisotopic (exact) mass is 388 g/mol. The minimum atomic E-state index is -0.494. The number of pyridine rings is 1. The molecule has 0 aliphatic carbocycles. The quantitative estimate of drug-likeness (QED) is 0.378. The molecule has 0 saturated carbocycles. The van der Waals surface area contributed by atoms with Crippen LogP contribution < -0.4 is 10.1 Å². The zero-order chi connectivity index (χ0) is 20.2. The van der Waals surface area contributed by atoms with Gasteiger partial charge in [-0.1, -0.05) is 30.3 Å². The van der Waals surface area contributed by atoms with Gasteiger partial charge in [0.2, 0.25) is 5.88 Å². The minimum absolute atomic E-state index is 0.0762. The molecule has 144 valence electrons. The van der Waals surface area contributed by atoms with Gasteiger partial charge in [-0.05, 0) is 17.7 Å². The highest BCUT2D eigenvalue weighted by Crippen LogP contribution is 2.24. The second kappa shape index (κ2) is 7.81. The first kappa shape index (κ1) is 18.2. The van der Waals surface area contributed by atoms with Gasteiger partial charge in [-0.3, -0.25) is 14.9 Å². The number of nitro benzene ring substituents is 1. The van der Waals surface area contributed by atoms with E-state index in [-0.39, 0.29) is 5.69 Å². The van der Waals surface area contributed by atoms with Crippen LogP contribution in [0.5, 0.6) is 5.88 Å². The highest BCUT2D eigenvalue weighted by atomic mass is 16.6. The van der Waals surface area contributed by atoms with E-state index < -0.39 is 10.8 Å². The van der Waals surface area contributed by atoms with Crippen molar-refractivity contribution in [2.75, 3.05) is 5.32 Å². The van der Waals surface area contributed by atoms with Crippen LogP contribution in [0, 0.1) is 10.1 Å². The Balaban J connectivity index is 1.45. The first-order chi connectivity index (χ1) is 14.1. The molecule has 0 radical (unpaired) electrons. The molecule has 1 amide bonds. The standard InChI is InChI=1S/C21H16N4O4/c26-21(18-12-22-19-8-7-16(25(27)28)10-17(18)19)24-15-6-9-20(23-11-15)29-13-14-4-2-1-3-5-14/h1-12,22H,13H2,(H,24,26). The molecule has 8 nitrogen and oxygen atoms in total. The van der Waals surface area contributed by atoms with Crippen LogP contribution in [0.2, 0.25) is 0 Å². The van der Waals surface area contributed by atoms with E-state index in [1.54, 1.807) is 18.2 Å². The summed E-state index contributed by atoms with van der Waals surface area (Å²) in [4.78, 5) is 30.2. The Labute approximate surface area is 165 Å². The lowest BCUT2D eigenvalue weighted by atomic mass is 10.1. The lowest BCUT2D eigenvalue weighted by molar-refractivity contribution is -0.384. The van der Waals surface area contributed by atoms with Crippen molar-refractivity contribution >= 4 is 28.2 Å². The molecule has 0 spiro atoms. The molecule has 4 rings (SSSR count). The maximum atomic E-state index is 12.6. The summed E-state index contributed by atoms with van der Waals surface area (Å²) in [5, 5.41) is 14.2. The van der Waals surface area contributed by atoms with E-state index in [1.807, 2.05) is 30.3 Å². The average molecular weight is 388 g/mol. The van der Waals surface area contributed by atoms with Crippen LogP contribution in [-0.4, -0.2) is 20.8 Å². The van der Waals surface area contributed by atoms with Crippen LogP contribution in [0.3, 0.4) is 0 Å². The number of nitro groups is 1. The van der Waals surface area contributed by atoms with E-state index in [0.29, 0.717) is 34.6 Å². The highest BCUT2D eigenvalue weighted by molar-refractivity contribution is 6.13. The molecule has 4 aromatic rings. The molecular weight excluding hydrogens is 372 g/mol. The molecule has 0 unspecified atom stereocenters. The van der Waals surface area contributed by atoms with Crippen molar-refractivity contribution in [3.63, 3.8) is 0 Å². The Kier molecular flexibility index (Phi) is 4.90. The lowest BCUT2D eigenvalue weighted by Gasteiger charge is -2.07. The van der Waals surface area contributed by atoms with E-state index >= 15 is 0 Å². The molecule has 29 heavy (non-hydrogen) atoms. The summed E-state index contributed by atoms with van der Waals surface area (Å²) in [6, 6.07) is 17.4. The number of aromatic nitrogens is 2. The van der Waals surface area contributed by atoms with Crippen LogP contribution in [0.15, 0.2) is 73.1 Å². The summed E-state index contributed by atoms with van der Waals surface area (Å²) >= 11 is 0. The van der Waals surface area contributed by atoms with Crippen molar-refractivity contribution in [3.8, 4) is 5.88 Å². The van der Waals surface area contributed by atoms with E-state index in [9.17, 15) is 14.9 Å². The summed E-state index contributed by atoms with van der Waals surface area (Å²) in [5.41, 5.74) is 2.39. The number of ether oxygens (including phenoxy) is 1. The van der Waals surface area contributed by atoms with Crippen LogP contribution in [0.4, 0.5) is 11.4 Å². The van der Waals surface area contributed by atoms with Crippen molar-refractivity contribution in [3.05, 3.63) is 94.3 Å². The number of aromatic amines is 1. The van der Waals surface area contributed by atoms with Gasteiger partial charge in [0.1, 0.15) is 6.61 Å². The fourth-order valence-corrected chi connectivity index (χ4v) is 2.88. The predicted molar refractivity (Wildman–Crippen MR) is 108 cm³/mol. The van der Waals surface area contributed by atoms with Gasteiger partial charge in [0.15, 0.2) is 0 Å². The molecule has 0 aliphatic rings. The van der Waals surface area contributed by atoms with Gasteiger partial charge >= 0.3 is 0 Å². The number of hydrogen-bond acceptors (Lipinski definition) is 5. The summed E-state index contributed by atoms with van der Waals surface area (Å²) in [5.74, 6) is 0.0473. The molecule has 0 aliphatic heterocycles. The van der Waals surface area contributed by atoms with Crippen molar-refractivity contribution in [1.29, 1.82) is 0 Å². The van der Waals surface area contributed by atoms with Gasteiger partial charge in [-0.15, -0.1) is 0 Å². The molecule has 2 heterocycles. The molecule has 0 bridgehead atoms. The molecule has 2 aromatic heterocycles. The first-order valence-corrected chi connectivity index (χ1v) is 8.80. The number of carbonyl (C=O) groups is 1. The van der Waals surface area contributed by atoms with Gasteiger partial charge in [-0.2, -0.15) is 0 Å². The Morgan fingerprint density at radius 2 is 1.97 bits per heavy atom. The lowest BCUT2D eigenvalue weighted by Crippen LogP contribution is -2.11. The summed E-state index contributed by atoms with van der Waals surface area (Å²) in [7, 11) is 0. The summed E-state index contributed by atoms with van der Waals surface area (Å²) in [6.45, 7) is 0.396. The van der Waals surface area contributed by atoms with Crippen LogP contribution in [0.1, 0.15) is 15.9 Å². The normalized spacial score (nSPS) is 10.6. The third kappa shape index (κ3) is 4.06. The van der Waals surface area contributed by atoms with Crippen molar-refractivity contribution in [1.82, 2.24) is 9.97 Å². The van der Waals surface area contributed by atoms with Gasteiger partial charge in [-0.25, -0.2) is 4.98 Å². The molecule has 8 heteroatoms. The molecule has 0 saturated heterocycles. The Morgan fingerprint density at radius 3 is 2.69 bits per heavy atom. The number of H-pyrrole nitrogens is 1. The number of non-ortho nitro benzene ring substituents is 1. The van der Waals surface area contributed by atoms with Crippen molar-refractivity contribution in [2.45, 2.75) is 6.61 Å². The number of carbonyl (C=O) groups excluding carboxylic acids is 1. The SMILES string of the molecule is O=C(Nc1ccc(OCc2ccccc2)nc1)c1c[nH]c2ccc([N+](=O)[O-])cc12. The third-order valence-corrected chi connectivity index (χ3v) is 4.34. The number of fused-ring (bicyclic) bond motifs is 1. The number of rotatable bonds is 6. The van der Waals surface area contributed by atoms with E-state index in [4.69, 9.17) is 4.74 Å². The fourth-order valence-electron chi connectivity index (χ4n) is 2.88. The van der Waals surface area contributed by atoms with Crippen molar-refractivity contribution in [2.24, 2.45) is 0 Å². The molecule has 2 aromatic carbocycles. The minimum Gasteiger partial charge on any atom is -0.473 e. The van der Waals surface area contributed by atoms with Gasteiger partial charge in [0.05, 0.1) is 22.4 Å². The number of hydrogen-bond donors (Lipinski definition) is 2. The van der Waals surface area contributed by atoms with Crippen LogP contribution in [0.25, 0.3) is 10.9 Å². The molecule has 0 atom stereocenters. The van der Waals surface area contributed by atoms with Gasteiger partial charge in [0, 0.05) is 35.3 Å². The third-order valence-electron chi connectivity index (χ3n) is 4.34. The Hall–Kier alpha value is -4.20. The average Bonchev–Trinajstić information content (AvgIpc) is 3.17. The first-order valence-electron chi connectivity index (χ1n) is 8.80. The summed E-state index contributed by atoms with van der Waals surface area (Å²) in [6.07, 6.45) is 3.02. The molecular formula is C21H16N4O4. The number of amides is 1. The zero-order valence-electron chi connectivity index (χ0n) is 15.2. The zero-order valence-corrected chi connectivity index (χ0v) is 15.2. The highest BCUT2D eigenvalue weighted by Gasteiger charge is 2.16. The fraction of sp³-hybridized carbons (Fsp3) is 0.0476. The largest absolute Gasteiger partial charge is 0.473 e. The summed E-state index contributed by atoms with van der Waals surface area (Å²) < 4.78 is 5.62. The second-order valence-corrected chi connectivity index (χ2v) is 6.30. The maximum Gasteiger partial charge on any atom is 0.270 e. The van der Waals surface area contributed by atoms with E-state index in [2.05, 4.69) is 15.3 Å². The van der Waals surface area contributed by atoms with Gasteiger partial charge < -0.3 is 15.0 Å². The molecule has 2 N–H and O–H groups in total. The van der Waals surface area contributed by atoms with Crippen LogP contribution >= 0.6 is 0 Å². The number of anilines is 1. The Morgan fingerprint density at radius 1 is 1.14 bits per heavy atom. The van der Waals surface area contributed by atoms with E-state index in [0.717, 1.165) is 5.56 Å². The van der Waals surface area contributed by atoms with Gasteiger partial charge in [0.25, 0.3) is 11.6 Å². The number of benzene rings is 2. The van der Waals surface area contributed by atoms with Crippen LogP contribution in [-0.2, 0) is 6.61 Å². The smallest absolute Gasteiger partial charge is 0.270 e. The molecule has 0 fully saturated rings. The second-order valence-electron chi connectivity index (χ2n) is 6.30. The maximum absolute atomic E-state index is 12.6. The number of nitrogens with zero attached hydrogens (tertiary/aromatic N) is 2. The Bertz CT molecular complexity index is 1170. The number of nitrogens with one attached hydrogen (secondary N) is 2. The van der Waals surface area contributed by atoms with Crippen molar-refractivity contribution < 1.29 is 14.5 Å². The van der Waals surface area contributed by atoms with E-state index in [1.165, 1.54) is 24.5 Å². The predicted octanol–water partition coefficient (Wildman–Crippen LogP) is 4.30. The topological polar surface area (TPSA) is 110 Å².